The molecular weight excluding hydrogens is 708 g/mol. The summed E-state index contributed by atoms with van der Waals surface area (Å²) >= 11 is 8.90. The summed E-state index contributed by atoms with van der Waals surface area (Å²) in [7, 11) is 0. The third-order valence-corrected chi connectivity index (χ3v) is 10.7. The summed E-state index contributed by atoms with van der Waals surface area (Å²) in [6.45, 7) is 0.434. The van der Waals surface area contributed by atoms with E-state index in [2.05, 4.69) is 98.6 Å². The van der Waals surface area contributed by atoms with Gasteiger partial charge in [0.1, 0.15) is 12.4 Å². The normalized spacial score (nSPS) is 15.8. The molecule has 1 aromatic heterocycles. The van der Waals surface area contributed by atoms with Gasteiger partial charge in [0, 0.05) is 5.56 Å². The number of halogens is 2. The molecule has 0 unspecified atom stereocenters. The minimum absolute atomic E-state index is 0.0264. The number of ether oxygens (including phenoxy) is 1. The second-order valence-electron chi connectivity index (χ2n) is 11.3. The highest BCUT2D eigenvalue weighted by molar-refractivity contribution is 9.11. The van der Waals surface area contributed by atoms with Crippen LogP contribution in [0.5, 0.6) is 5.75 Å². The van der Waals surface area contributed by atoms with Crippen molar-refractivity contribution in [3.8, 4) is 5.75 Å². The van der Waals surface area contributed by atoms with Crippen LogP contribution >= 0.6 is 43.2 Å². The number of hydrogen-bond donors (Lipinski definition) is 0. The van der Waals surface area contributed by atoms with Crippen LogP contribution in [0.3, 0.4) is 0 Å². The lowest BCUT2D eigenvalue weighted by Crippen LogP contribution is -2.38. The Labute approximate surface area is 280 Å². The highest BCUT2D eigenvalue weighted by Gasteiger charge is 2.32. The fraction of sp³-hybridized carbons (Fsp3) is 0.105. The van der Waals surface area contributed by atoms with E-state index in [1.54, 1.807) is 0 Å². The molecule has 45 heavy (non-hydrogen) atoms. The van der Waals surface area contributed by atoms with Crippen molar-refractivity contribution in [1.29, 1.82) is 0 Å². The molecule has 7 heteroatoms. The molecule has 0 amide bonds. The fourth-order valence-corrected chi connectivity index (χ4v) is 8.93. The molecule has 0 bridgehead atoms. The molecular formula is C38H26Br2N2O2S. The van der Waals surface area contributed by atoms with E-state index >= 15 is 0 Å². The minimum atomic E-state index is -0.184. The molecule has 1 aliphatic heterocycles. The Bertz CT molecular complexity index is 2310. The number of thiazole rings is 1. The SMILES string of the molecule is O=c1/c(=C\c2cc(Br)c(OCc3cccc4ccccc34)c(Br)c2)sc2n1[C@H](c1ccccc1)C1=C(N=2)c2ccccc2CC1. The first-order valence-corrected chi connectivity index (χ1v) is 17.2. The Kier molecular flexibility index (Phi) is 7.40. The first kappa shape index (κ1) is 28.4. The van der Waals surface area contributed by atoms with E-state index in [-0.39, 0.29) is 11.6 Å². The number of hydrogen-bond acceptors (Lipinski definition) is 4. The molecule has 0 saturated carbocycles. The second kappa shape index (κ2) is 11.7. The number of nitrogens with zero attached hydrogens (tertiary/aromatic N) is 2. The highest BCUT2D eigenvalue weighted by Crippen LogP contribution is 2.41. The molecule has 4 nitrogen and oxygen atoms in total. The summed E-state index contributed by atoms with van der Waals surface area (Å²) in [5.41, 5.74) is 7.78. The van der Waals surface area contributed by atoms with Crippen molar-refractivity contribution < 1.29 is 4.74 Å². The number of aromatic nitrogens is 1. The van der Waals surface area contributed by atoms with Crippen LogP contribution in [0.2, 0.25) is 0 Å². The average Bonchev–Trinajstić information content (AvgIpc) is 3.37. The van der Waals surface area contributed by atoms with Gasteiger partial charge in [0.15, 0.2) is 4.80 Å². The number of fused-ring (bicyclic) bond motifs is 4. The molecule has 2 heterocycles. The Hall–Kier alpha value is -4.04. The predicted molar refractivity (Wildman–Crippen MR) is 189 cm³/mol. The first-order chi connectivity index (χ1) is 22.0. The molecule has 1 atom stereocenters. The van der Waals surface area contributed by atoms with Crippen LogP contribution in [0.1, 0.15) is 40.3 Å². The van der Waals surface area contributed by atoms with Gasteiger partial charge >= 0.3 is 0 Å². The molecule has 2 aliphatic rings. The Morgan fingerprint density at radius 1 is 0.867 bits per heavy atom. The summed E-state index contributed by atoms with van der Waals surface area (Å²) < 4.78 is 10.5. The summed E-state index contributed by atoms with van der Waals surface area (Å²) in [6, 6.07) is 37.2. The Morgan fingerprint density at radius 2 is 1.60 bits per heavy atom. The fourth-order valence-electron chi connectivity index (χ4n) is 6.48. The third-order valence-electron chi connectivity index (χ3n) is 8.56. The first-order valence-electron chi connectivity index (χ1n) is 14.8. The standard InChI is InChI=1S/C38H26Br2N2O2S/c39-31-19-23(20-32(40)36(31)44-22-27-14-8-13-24-9-4-6-15-28(24)27)21-33-37(43)42-35(26-11-2-1-3-12-26)30-18-17-25-10-5-7-16-29(25)34(30)41-38(42)45-33/h1-16,19-21,35H,17-18,22H2/b33-21+/t35-/m1/s1. The highest BCUT2D eigenvalue weighted by atomic mass is 79.9. The van der Waals surface area contributed by atoms with Crippen LogP contribution in [0.15, 0.2) is 134 Å². The molecule has 220 valence electrons. The van der Waals surface area contributed by atoms with E-state index in [0.29, 0.717) is 11.1 Å². The van der Waals surface area contributed by atoms with Crippen molar-refractivity contribution in [3.63, 3.8) is 0 Å². The number of rotatable bonds is 5. The van der Waals surface area contributed by atoms with Crippen LogP contribution < -0.4 is 19.6 Å². The van der Waals surface area contributed by atoms with Gasteiger partial charge in [-0.3, -0.25) is 9.36 Å². The van der Waals surface area contributed by atoms with Crippen molar-refractivity contribution in [2.24, 2.45) is 4.99 Å². The molecule has 6 aromatic rings. The van der Waals surface area contributed by atoms with Gasteiger partial charge in [-0.15, -0.1) is 0 Å². The zero-order chi connectivity index (χ0) is 30.5. The van der Waals surface area contributed by atoms with E-state index < -0.39 is 0 Å². The summed E-state index contributed by atoms with van der Waals surface area (Å²) in [5, 5.41) is 2.37. The molecule has 0 spiro atoms. The van der Waals surface area contributed by atoms with E-state index in [4.69, 9.17) is 9.73 Å². The van der Waals surface area contributed by atoms with Crippen molar-refractivity contribution in [2.75, 3.05) is 0 Å². The lowest BCUT2D eigenvalue weighted by atomic mass is 9.83. The largest absolute Gasteiger partial charge is 0.487 e. The monoisotopic (exact) mass is 732 g/mol. The summed E-state index contributed by atoms with van der Waals surface area (Å²) in [6.07, 6.45) is 3.77. The molecule has 0 N–H and O–H groups in total. The van der Waals surface area contributed by atoms with Crippen molar-refractivity contribution in [3.05, 3.63) is 171 Å². The van der Waals surface area contributed by atoms with Gasteiger partial charge in [0.25, 0.3) is 5.56 Å². The minimum Gasteiger partial charge on any atom is -0.487 e. The lowest BCUT2D eigenvalue weighted by molar-refractivity contribution is 0.303. The van der Waals surface area contributed by atoms with Crippen molar-refractivity contribution in [2.45, 2.75) is 25.5 Å². The maximum atomic E-state index is 14.1. The molecule has 0 fully saturated rings. The second-order valence-corrected chi connectivity index (χ2v) is 14.0. The van der Waals surface area contributed by atoms with Crippen LogP contribution in [-0.2, 0) is 13.0 Å². The van der Waals surface area contributed by atoms with Gasteiger partial charge in [-0.2, -0.15) is 0 Å². The van der Waals surface area contributed by atoms with Gasteiger partial charge in [-0.25, -0.2) is 4.99 Å². The molecule has 5 aromatic carbocycles. The molecule has 0 saturated heterocycles. The van der Waals surface area contributed by atoms with Gasteiger partial charge in [0.2, 0.25) is 0 Å². The van der Waals surface area contributed by atoms with E-state index in [9.17, 15) is 4.79 Å². The third kappa shape index (κ3) is 5.13. The number of aryl methyl sites for hydroxylation is 1. The van der Waals surface area contributed by atoms with Gasteiger partial charge < -0.3 is 4.74 Å². The average molecular weight is 735 g/mol. The Balaban J connectivity index is 1.18. The molecule has 1 aliphatic carbocycles. The predicted octanol–water partition coefficient (Wildman–Crippen LogP) is 8.58. The van der Waals surface area contributed by atoms with E-state index in [1.807, 2.05) is 53.1 Å². The summed E-state index contributed by atoms with van der Waals surface area (Å²) in [4.78, 5) is 20.0. The number of benzene rings is 5. The maximum Gasteiger partial charge on any atom is 0.271 e. The molecule has 0 radical (unpaired) electrons. The van der Waals surface area contributed by atoms with Gasteiger partial charge in [-0.05, 0) is 102 Å². The van der Waals surface area contributed by atoms with E-state index in [0.717, 1.165) is 54.7 Å². The van der Waals surface area contributed by atoms with Crippen LogP contribution in [-0.4, -0.2) is 4.57 Å². The quantitative estimate of drug-likeness (QED) is 0.178. The zero-order valence-electron chi connectivity index (χ0n) is 24.0. The topological polar surface area (TPSA) is 43.6 Å². The molecule has 8 rings (SSSR count). The van der Waals surface area contributed by atoms with Crippen molar-refractivity contribution >= 4 is 65.7 Å². The lowest BCUT2D eigenvalue weighted by Gasteiger charge is -2.30. The zero-order valence-corrected chi connectivity index (χ0v) is 28.0. The number of allylic oxidation sites excluding steroid dienone is 1. The van der Waals surface area contributed by atoms with Crippen molar-refractivity contribution in [1.82, 2.24) is 4.57 Å². The maximum absolute atomic E-state index is 14.1. The Morgan fingerprint density at radius 3 is 2.44 bits per heavy atom. The van der Waals surface area contributed by atoms with Crippen LogP contribution in [0.25, 0.3) is 22.5 Å². The smallest absolute Gasteiger partial charge is 0.271 e. The van der Waals surface area contributed by atoms with Gasteiger partial charge in [-0.1, -0.05) is 108 Å². The van der Waals surface area contributed by atoms with Crippen LogP contribution in [0.4, 0.5) is 0 Å². The van der Waals surface area contributed by atoms with Crippen LogP contribution in [0, 0.1) is 0 Å². The summed E-state index contributed by atoms with van der Waals surface area (Å²) in [5.74, 6) is 0.719. The van der Waals surface area contributed by atoms with Gasteiger partial charge in [0.05, 0.1) is 25.2 Å². The van der Waals surface area contributed by atoms with E-state index in [1.165, 1.54) is 38.8 Å².